The molecule has 0 radical (unpaired) electrons. The molecule has 2 saturated heterocycles. The van der Waals surface area contributed by atoms with E-state index in [-0.39, 0.29) is 126 Å². The minimum Gasteiger partial charge on any atom is -0.497 e. The highest BCUT2D eigenvalue weighted by molar-refractivity contribution is 7.44. The van der Waals surface area contributed by atoms with Crippen LogP contribution in [0.5, 0.6) is 17.2 Å². The molecule has 32 heteroatoms. The van der Waals surface area contributed by atoms with Crippen LogP contribution in [0.15, 0.2) is 205 Å². The molecule has 4 aliphatic rings. The third-order valence-corrected chi connectivity index (χ3v) is 23.7. The van der Waals surface area contributed by atoms with Crippen molar-refractivity contribution in [1.82, 2.24) is 34.7 Å². The molecule has 4 N–H and O–H groups in total. The van der Waals surface area contributed by atoms with Gasteiger partial charge in [-0.25, -0.2) is 23.8 Å². The zero-order valence-corrected chi connectivity index (χ0v) is 69.0. The summed E-state index contributed by atoms with van der Waals surface area (Å²) < 4.78 is 84.9. The Kier molecular flexibility index (Phi) is 30.5. The number of amides is 5. The van der Waals surface area contributed by atoms with Gasteiger partial charge in [0, 0.05) is 62.4 Å². The number of nitrogens with zero attached hydrogens (tertiary/aromatic N) is 7. The highest BCUT2D eigenvalue weighted by atomic mass is 31.2. The molecule has 4 heterocycles. The maximum absolute atomic E-state index is 14.3. The van der Waals surface area contributed by atoms with Crippen LogP contribution in [-0.2, 0) is 69.7 Å². The lowest BCUT2D eigenvalue weighted by molar-refractivity contribution is -0.120. The number of methoxy groups -OCH3 is 2. The number of ether oxygens (including phenoxy) is 8. The SMILES string of the molecule is COc1ccc(C(OC[C@H]2O[C@@H](N3C=C(C)[C@@H](O)NC3=O)C[C@H]2OP(OCCC#N)OC[C@H]2O[C@@H](n3ccc(NC(=O)c4ccc(CNC(=O)Cc5ccc(OC(=O)OCCN(C)C(=O)OCC6c7ccccc7-c7ccccc76)cc5)cc4)nc3=O)C[C@H]2OP(OCCC#N)N(C(C)C)C(C)C)(c2ccccc2)c2ccc(OC)cc2)cc1. The largest absolute Gasteiger partial charge is 0.513 e. The van der Waals surface area contributed by atoms with E-state index in [1.807, 2.05) is 143 Å². The quantitative estimate of drug-likeness (QED) is 0.00918. The fraction of sp³-hybridized carbons (Fsp3) is 0.368. The lowest BCUT2D eigenvalue weighted by Gasteiger charge is -2.37. The highest BCUT2D eigenvalue weighted by Gasteiger charge is 2.48. The standard InChI is InChI=1S/C87H96N10O20P2/c1-56(2)97(57(3)4)118(110-45-16-41-88)116-73-49-79(115-76(73)55-112-119(111-46-17-42-89)117-74-50-80(96-52-58(5)81(99)93-84(96)102)114-75(74)54-109-87(62-18-10-9-11-19-62,63-30-36-65(105-7)37-31-63)64-32-38-66(106-8)39-33-64)95-43-40-77(92-83(95)101)91-82(100)61-28-24-60(25-29-61)51-90-78(98)48-59-26-34-67(35-27-59)113-86(104)107-47-44-94(6)85(103)108-53-72-70-22-14-12-20-68(70)69-21-13-15-23-71(69)72/h9-15,18-40,43,52,56-57,72-76,79-81,99H,16-17,44-51,53-55H2,1-8H3,(H,90,98)(H,93,102)(H,91,92,100,101)/t73-,74-,75-,76-,79-,80-,81-,118?,119?/m1/s1. The van der Waals surface area contributed by atoms with Gasteiger partial charge in [0.1, 0.15) is 66.5 Å². The molecule has 3 aliphatic heterocycles. The van der Waals surface area contributed by atoms with Gasteiger partial charge in [-0.3, -0.25) is 19.1 Å². The summed E-state index contributed by atoms with van der Waals surface area (Å²) in [5.41, 5.74) is 6.57. The first kappa shape index (κ1) is 87.3. The van der Waals surface area contributed by atoms with Crippen molar-refractivity contribution in [1.29, 1.82) is 10.5 Å². The van der Waals surface area contributed by atoms with Gasteiger partial charge in [-0.15, -0.1) is 0 Å². The van der Waals surface area contributed by atoms with E-state index in [0.29, 0.717) is 28.2 Å². The Morgan fingerprint density at radius 3 is 1.86 bits per heavy atom. The Morgan fingerprint density at radius 1 is 0.664 bits per heavy atom. The molecule has 0 saturated carbocycles. The van der Waals surface area contributed by atoms with Crippen LogP contribution < -0.4 is 35.9 Å². The highest BCUT2D eigenvalue weighted by Crippen LogP contribution is 2.53. The summed E-state index contributed by atoms with van der Waals surface area (Å²) in [5, 5.41) is 38.2. The van der Waals surface area contributed by atoms with E-state index >= 15 is 0 Å². The first-order chi connectivity index (χ1) is 57.6. The second kappa shape index (κ2) is 41.6. The number of likely N-dealkylation sites (N-methyl/N-ethyl adjacent to an activating group) is 1. The molecule has 5 amide bonds. The Bertz CT molecular complexity index is 4860. The zero-order chi connectivity index (χ0) is 84.1. The number of benzene rings is 7. The molecule has 12 rings (SSSR count). The van der Waals surface area contributed by atoms with Crippen LogP contribution in [-0.4, -0.2) is 176 Å². The van der Waals surface area contributed by atoms with Crippen molar-refractivity contribution in [3.05, 3.63) is 255 Å². The number of hydrogen-bond donors (Lipinski definition) is 4. The van der Waals surface area contributed by atoms with Crippen LogP contribution in [0.25, 0.3) is 11.1 Å². The van der Waals surface area contributed by atoms with E-state index in [1.165, 1.54) is 45.0 Å². The topological polar surface area (TPSA) is 354 Å². The number of nitrogens with one attached hydrogen (secondary N) is 3. The number of aromatic nitrogens is 2. The molecule has 2 fully saturated rings. The molecule has 9 atom stereocenters. The Labute approximate surface area is 692 Å². The van der Waals surface area contributed by atoms with Gasteiger partial charge in [0.05, 0.1) is 90.8 Å². The molecule has 624 valence electrons. The molecule has 8 aromatic rings. The molecule has 0 bridgehead atoms. The van der Waals surface area contributed by atoms with Crippen molar-refractivity contribution in [3.63, 3.8) is 0 Å². The summed E-state index contributed by atoms with van der Waals surface area (Å²) in [4.78, 5) is 87.3. The van der Waals surface area contributed by atoms with Gasteiger partial charge in [0.2, 0.25) is 5.91 Å². The average molecular weight is 1660 g/mol. The van der Waals surface area contributed by atoms with Crippen LogP contribution in [0, 0.1) is 22.7 Å². The third-order valence-electron chi connectivity index (χ3n) is 20.3. The summed E-state index contributed by atoms with van der Waals surface area (Å²) >= 11 is 0. The van der Waals surface area contributed by atoms with Crippen molar-refractivity contribution < 1.29 is 89.6 Å². The predicted octanol–water partition coefficient (Wildman–Crippen LogP) is 13.6. The van der Waals surface area contributed by atoms with Crippen LogP contribution in [0.2, 0.25) is 0 Å². The fourth-order valence-corrected chi connectivity index (χ4v) is 17.2. The van der Waals surface area contributed by atoms with Crippen LogP contribution >= 0.6 is 17.1 Å². The van der Waals surface area contributed by atoms with Gasteiger partial charge >= 0.3 is 32.6 Å². The van der Waals surface area contributed by atoms with Crippen LogP contribution in [0.4, 0.5) is 20.2 Å². The van der Waals surface area contributed by atoms with E-state index in [1.54, 1.807) is 64.6 Å². The number of anilines is 1. The van der Waals surface area contributed by atoms with Gasteiger partial charge in [-0.1, -0.05) is 127 Å². The Balaban J connectivity index is 0.679. The van der Waals surface area contributed by atoms with Crippen molar-refractivity contribution in [2.75, 3.05) is 72.8 Å². The molecule has 30 nitrogen and oxygen atoms in total. The summed E-state index contributed by atoms with van der Waals surface area (Å²) in [7, 11) is 0.372. The maximum atomic E-state index is 14.3. The summed E-state index contributed by atoms with van der Waals surface area (Å²) in [6.45, 7) is 9.35. The number of aliphatic hydroxyl groups excluding tert-OH is 1. The van der Waals surface area contributed by atoms with Gasteiger partial charge in [-0.2, -0.15) is 15.5 Å². The van der Waals surface area contributed by atoms with E-state index in [0.717, 1.165) is 38.9 Å². The number of urea groups is 1. The predicted molar refractivity (Wildman–Crippen MR) is 439 cm³/mol. The number of hydrogen-bond acceptors (Lipinski definition) is 24. The Morgan fingerprint density at radius 2 is 1.24 bits per heavy atom. The molecule has 0 spiro atoms. The maximum Gasteiger partial charge on any atom is 0.513 e. The minimum absolute atomic E-state index is 0.00750. The normalized spacial score (nSPS) is 18.7. The van der Waals surface area contributed by atoms with Gasteiger partial charge < -0.3 is 86.5 Å². The van der Waals surface area contributed by atoms with Gasteiger partial charge in [-0.05, 0) is 145 Å². The lowest BCUT2D eigenvalue weighted by Crippen LogP contribution is -2.51. The van der Waals surface area contributed by atoms with Gasteiger partial charge in [0.15, 0.2) is 6.23 Å². The summed E-state index contributed by atoms with van der Waals surface area (Å²) in [6, 6.07) is 58.6. The van der Waals surface area contributed by atoms with E-state index in [2.05, 4.69) is 49.9 Å². The van der Waals surface area contributed by atoms with Gasteiger partial charge in [0.25, 0.3) is 14.4 Å². The first-order valence-electron chi connectivity index (χ1n) is 39.0. The van der Waals surface area contributed by atoms with Crippen molar-refractivity contribution >= 4 is 53.0 Å². The van der Waals surface area contributed by atoms with Crippen molar-refractivity contribution in [3.8, 4) is 40.5 Å². The molecule has 2 unspecified atom stereocenters. The number of fused-ring (bicyclic) bond motifs is 3. The number of rotatable bonds is 38. The molecule has 7 aromatic carbocycles. The van der Waals surface area contributed by atoms with E-state index < -0.39 is 95.7 Å². The number of aliphatic hydroxyl groups is 1. The van der Waals surface area contributed by atoms with E-state index in [4.69, 9.17) is 60.5 Å². The van der Waals surface area contributed by atoms with Crippen molar-refractivity contribution in [2.24, 2.45) is 0 Å². The molecule has 1 aliphatic carbocycles. The van der Waals surface area contributed by atoms with Crippen LogP contribution in [0.1, 0.15) is 122 Å². The third kappa shape index (κ3) is 22.1. The lowest BCUT2D eigenvalue weighted by atomic mass is 9.80. The monoisotopic (exact) mass is 1660 g/mol. The minimum atomic E-state index is -2.45. The molecular weight excluding hydrogens is 1570 g/mol. The molecule has 119 heavy (non-hydrogen) atoms. The summed E-state index contributed by atoms with van der Waals surface area (Å²) in [6.07, 6.45) is -5.45. The second-order valence-electron chi connectivity index (χ2n) is 28.9. The number of carbonyl (C=O) groups excluding carboxylic acids is 5. The zero-order valence-electron chi connectivity index (χ0n) is 67.2. The van der Waals surface area contributed by atoms with Crippen molar-refractivity contribution in [2.45, 2.75) is 140 Å². The smallest absolute Gasteiger partial charge is 0.497 e. The fourth-order valence-electron chi connectivity index (χ4n) is 14.3. The number of carbonyl (C=O) groups is 5. The second-order valence-corrected chi connectivity index (χ2v) is 31.5. The average Bonchev–Trinajstić information content (AvgIpc) is 1.51. The van der Waals surface area contributed by atoms with Crippen LogP contribution in [0.3, 0.4) is 0 Å². The Hall–Kier alpha value is -11.1. The first-order valence-corrected chi connectivity index (χ1v) is 41.2. The molecule has 1 aromatic heterocycles. The molecular formula is C87H96N10O20P2. The summed E-state index contributed by atoms with van der Waals surface area (Å²) in [5.74, 6) is 0.400. The number of nitriles is 2. The van der Waals surface area contributed by atoms with E-state index in [9.17, 15) is 44.4 Å².